The lowest BCUT2D eigenvalue weighted by Crippen LogP contribution is -2.35. The number of hydrogen-bond donors (Lipinski definition) is 5. The molecule has 10 nitrogen and oxygen atoms in total. The van der Waals surface area contributed by atoms with Gasteiger partial charge in [-0.25, -0.2) is 9.97 Å². The molecule has 2 aromatic rings. The summed E-state index contributed by atoms with van der Waals surface area (Å²) in [6.07, 6.45) is -3.45. The van der Waals surface area contributed by atoms with E-state index in [-0.39, 0.29) is 18.4 Å². The third kappa shape index (κ3) is 2.14. The van der Waals surface area contributed by atoms with Crippen molar-refractivity contribution in [1.82, 2.24) is 15.0 Å². The number of nitrogens with two attached hydrogens (primary N) is 1. The van der Waals surface area contributed by atoms with Gasteiger partial charge in [0, 0.05) is 0 Å². The molecule has 0 saturated carbocycles. The Bertz CT molecular complexity index is 619. The maximum atomic E-state index is 9.65. The molecule has 7 N–H and O–H groups in total. The molecule has 0 bridgehead atoms. The number of aliphatic hydroxyl groups is 3. The molecule has 4 atom stereocenters. The molecule has 1 fully saturated rings. The van der Waals surface area contributed by atoms with Crippen LogP contribution < -0.4 is 15.5 Å². The van der Waals surface area contributed by atoms with E-state index in [0.29, 0.717) is 11.2 Å². The number of rotatable bonds is 3. The number of imidazole rings is 1. The Balaban J connectivity index is 1.76. The molecule has 1 saturated heterocycles. The highest BCUT2D eigenvalue weighted by Crippen LogP contribution is 2.21. The van der Waals surface area contributed by atoms with Gasteiger partial charge in [0.1, 0.15) is 24.9 Å². The van der Waals surface area contributed by atoms with Gasteiger partial charge in [-0.05, 0) is 4.98 Å². The van der Waals surface area contributed by atoms with E-state index in [0.717, 1.165) is 0 Å². The highest BCUT2D eigenvalue weighted by Gasteiger charge is 2.42. The van der Waals surface area contributed by atoms with E-state index < -0.39 is 24.6 Å². The molecule has 3 rings (SSSR count). The van der Waals surface area contributed by atoms with E-state index in [1.807, 2.05) is 0 Å². The molecule has 0 aliphatic carbocycles. The first-order chi connectivity index (χ1) is 9.56. The molecule has 3 heterocycles. The minimum absolute atomic E-state index is 0.0939. The predicted octanol–water partition coefficient (Wildman–Crippen LogP) is -2.83. The van der Waals surface area contributed by atoms with Crippen molar-refractivity contribution < 1.29 is 29.8 Å². The fourth-order valence-corrected chi connectivity index (χ4v) is 2.00. The van der Waals surface area contributed by atoms with E-state index in [1.54, 1.807) is 0 Å². The van der Waals surface area contributed by atoms with Gasteiger partial charge < -0.3 is 29.8 Å². The average molecular weight is 284 g/mol. The number of hydrogen-bond acceptors (Lipinski definition) is 8. The second-order valence-corrected chi connectivity index (χ2v) is 4.41. The minimum atomic E-state index is -1.43. The molecule has 20 heavy (non-hydrogen) atoms. The van der Waals surface area contributed by atoms with Crippen LogP contribution in [0.2, 0.25) is 0 Å². The predicted molar refractivity (Wildman–Crippen MR) is 63.2 cm³/mol. The molecule has 1 aliphatic rings. The molecule has 0 radical (unpaired) electrons. The highest BCUT2D eigenvalue weighted by atomic mass is 16.7. The number of nitrogen functional groups attached to an aromatic ring is 1. The van der Waals surface area contributed by atoms with Crippen molar-refractivity contribution in [3.63, 3.8) is 0 Å². The van der Waals surface area contributed by atoms with Crippen LogP contribution in [0, 0.1) is 0 Å². The van der Waals surface area contributed by atoms with E-state index in [1.165, 1.54) is 6.33 Å². The van der Waals surface area contributed by atoms with Gasteiger partial charge in [-0.15, -0.1) is 0 Å². The van der Waals surface area contributed by atoms with Crippen molar-refractivity contribution in [2.45, 2.75) is 24.6 Å². The lowest BCUT2D eigenvalue weighted by atomic mass is 10.1. The Hall–Kier alpha value is -2.01. The summed E-state index contributed by atoms with van der Waals surface area (Å²) in [5.74, 6) is 0.393. The van der Waals surface area contributed by atoms with Crippen LogP contribution in [0.3, 0.4) is 0 Å². The molecule has 0 amide bonds. The molecular formula is C10H14N5O5+. The maximum Gasteiger partial charge on any atom is 0.392 e. The standard InChI is InChI=1S/C10H13N5O5/c11-10-14-7-4(12-2-13-7)8(15-10)19-1-3-5(16)6(17)9(18)20-3/h2-3,5-6,9,16-18H,1H2,(H3,11,12,13,14,15)/p+1/t3-,5?,6?,9?/m1/s1. The maximum absolute atomic E-state index is 9.65. The van der Waals surface area contributed by atoms with Crippen LogP contribution in [0.15, 0.2) is 6.33 Å². The second-order valence-electron chi connectivity index (χ2n) is 4.41. The van der Waals surface area contributed by atoms with E-state index in [4.69, 9.17) is 15.2 Å². The normalized spacial score (nSPS) is 29.9. The van der Waals surface area contributed by atoms with Crippen LogP contribution in [-0.4, -0.2) is 61.5 Å². The summed E-state index contributed by atoms with van der Waals surface area (Å²) in [7, 11) is 0. The van der Waals surface area contributed by atoms with Crippen molar-refractivity contribution in [3.05, 3.63) is 6.33 Å². The number of fused-ring (bicyclic) bond motifs is 1. The third-order valence-electron chi connectivity index (χ3n) is 3.04. The van der Waals surface area contributed by atoms with Crippen LogP contribution in [0.5, 0.6) is 5.88 Å². The summed E-state index contributed by atoms with van der Waals surface area (Å²) in [5.41, 5.74) is 6.46. The first-order valence-corrected chi connectivity index (χ1v) is 5.90. The molecule has 0 spiro atoms. The van der Waals surface area contributed by atoms with Gasteiger partial charge in [0.2, 0.25) is 0 Å². The number of aromatic amines is 2. The summed E-state index contributed by atoms with van der Waals surface area (Å²) < 4.78 is 10.4. The first-order valence-electron chi connectivity index (χ1n) is 5.90. The topological polar surface area (TPSA) is 161 Å². The van der Waals surface area contributed by atoms with Crippen LogP contribution in [-0.2, 0) is 4.74 Å². The number of aliphatic hydroxyl groups excluding tert-OH is 3. The smallest absolute Gasteiger partial charge is 0.392 e. The van der Waals surface area contributed by atoms with Crippen LogP contribution >= 0.6 is 0 Å². The van der Waals surface area contributed by atoms with Gasteiger partial charge in [0.05, 0.1) is 6.33 Å². The van der Waals surface area contributed by atoms with Crippen molar-refractivity contribution in [3.8, 4) is 5.88 Å². The number of nitrogens with zero attached hydrogens (tertiary/aromatic N) is 2. The zero-order valence-corrected chi connectivity index (χ0v) is 10.2. The lowest BCUT2D eigenvalue weighted by molar-refractivity contribution is -0.380. The quantitative estimate of drug-likeness (QED) is 0.403. The Morgan fingerprint density at radius 1 is 1.40 bits per heavy atom. The van der Waals surface area contributed by atoms with Crippen molar-refractivity contribution in [1.29, 1.82) is 0 Å². The second kappa shape index (κ2) is 4.83. The summed E-state index contributed by atoms with van der Waals surface area (Å²) in [6, 6.07) is 0. The summed E-state index contributed by atoms with van der Waals surface area (Å²) in [4.78, 5) is 13.4. The van der Waals surface area contributed by atoms with Crippen molar-refractivity contribution >= 4 is 17.1 Å². The Morgan fingerprint density at radius 2 is 2.20 bits per heavy atom. The number of nitrogens with one attached hydrogen (secondary N) is 2. The molecule has 0 aromatic carbocycles. The Kier molecular flexibility index (Phi) is 3.14. The summed E-state index contributed by atoms with van der Waals surface area (Å²) >= 11 is 0. The van der Waals surface area contributed by atoms with Gasteiger partial charge in [0.15, 0.2) is 11.8 Å². The fourth-order valence-electron chi connectivity index (χ4n) is 2.00. The fraction of sp³-hybridized carbons (Fsp3) is 0.500. The zero-order chi connectivity index (χ0) is 14.3. The molecular weight excluding hydrogens is 270 g/mol. The SMILES string of the molecule is Nc1nc2nc[nH]c2c(OC[C@H]2OC(O)C(O)C2O)[nH+]1. The van der Waals surface area contributed by atoms with Crippen molar-refractivity contribution in [2.24, 2.45) is 0 Å². The van der Waals surface area contributed by atoms with E-state index in [9.17, 15) is 15.3 Å². The number of H-pyrrole nitrogens is 2. The monoisotopic (exact) mass is 284 g/mol. The van der Waals surface area contributed by atoms with Crippen molar-refractivity contribution in [2.75, 3.05) is 12.3 Å². The molecule has 2 aromatic heterocycles. The number of aromatic nitrogens is 4. The Morgan fingerprint density at radius 3 is 2.90 bits per heavy atom. The van der Waals surface area contributed by atoms with E-state index >= 15 is 0 Å². The van der Waals surface area contributed by atoms with Gasteiger partial charge in [0.25, 0.3) is 11.5 Å². The molecule has 10 heteroatoms. The summed E-state index contributed by atoms with van der Waals surface area (Å²) in [6.45, 7) is -0.0939. The zero-order valence-electron chi connectivity index (χ0n) is 10.2. The largest absolute Gasteiger partial charge is 0.463 e. The molecule has 1 aliphatic heterocycles. The highest BCUT2D eigenvalue weighted by molar-refractivity contribution is 5.74. The van der Waals surface area contributed by atoms with Gasteiger partial charge >= 0.3 is 5.95 Å². The minimum Gasteiger partial charge on any atom is -0.463 e. The van der Waals surface area contributed by atoms with Crippen LogP contribution in [0.25, 0.3) is 11.2 Å². The first kappa shape index (κ1) is 13.0. The summed E-state index contributed by atoms with van der Waals surface area (Å²) in [5, 5.41) is 28.3. The lowest BCUT2D eigenvalue weighted by Gasteiger charge is -2.14. The number of anilines is 1. The van der Waals surface area contributed by atoms with Gasteiger partial charge in [-0.2, -0.15) is 0 Å². The molecule has 3 unspecified atom stereocenters. The van der Waals surface area contributed by atoms with Crippen LogP contribution in [0.1, 0.15) is 0 Å². The number of ether oxygens (including phenoxy) is 2. The van der Waals surface area contributed by atoms with E-state index in [2.05, 4.69) is 19.9 Å². The molecule has 108 valence electrons. The Labute approximate surface area is 112 Å². The van der Waals surface area contributed by atoms with Crippen LogP contribution in [0.4, 0.5) is 5.95 Å². The average Bonchev–Trinajstić information content (AvgIpc) is 2.97. The van der Waals surface area contributed by atoms with Gasteiger partial charge in [-0.1, -0.05) is 0 Å². The van der Waals surface area contributed by atoms with Gasteiger partial charge in [-0.3, -0.25) is 5.73 Å². The third-order valence-corrected chi connectivity index (χ3v) is 3.04.